The van der Waals surface area contributed by atoms with Gasteiger partial charge in [-0.3, -0.25) is 4.79 Å². The van der Waals surface area contributed by atoms with Crippen molar-refractivity contribution >= 4 is 45.7 Å². The summed E-state index contributed by atoms with van der Waals surface area (Å²) in [6, 6.07) is 4.12. The molecule has 0 radical (unpaired) electrons. The molecule has 0 heterocycles. The average molecular weight is 392 g/mol. The number of amides is 1. The number of benzene rings is 1. The fraction of sp³-hybridized carbons (Fsp3) is 0.385. The molecular weight excluding hydrogens is 378 g/mol. The summed E-state index contributed by atoms with van der Waals surface area (Å²) < 4.78 is 13.6. The first-order chi connectivity index (χ1) is 8.99. The summed E-state index contributed by atoms with van der Waals surface area (Å²) in [5, 5.41) is 2.95. The highest BCUT2D eigenvalue weighted by Crippen LogP contribution is 2.26. The van der Waals surface area contributed by atoms with Crippen LogP contribution in [0.25, 0.3) is 0 Å². The smallest absolute Gasteiger partial charge is 0.252 e. The lowest BCUT2D eigenvalue weighted by molar-refractivity contribution is 0.0933. The fourth-order valence-corrected chi connectivity index (χ4v) is 3.40. The minimum absolute atomic E-state index is 0.00847. The molecule has 2 rings (SSSR count). The van der Waals surface area contributed by atoms with Crippen molar-refractivity contribution in [3.8, 4) is 0 Å². The zero-order chi connectivity index (χ0) is 14.0. The molecule has 0 aromatic heterocycles. The van der Waals surface area contributed by atoms with Crippen molar-refractivity contribution in [3.63, 3.8) is 0 Å². The Morgan fingerprint density at radius 1 is 1.47 bits per heavy atom. The second-order valence-corrected chi connectivity index (χ2v) is 6.28. The summed E-state index contributed by atoms with van der Waals surface area (Å²) >= 11 is 6.98. The molecule has 1 aromatic rings. The molecule has 1 aliphatic rings. The molecule has 0 bridgehead atoms. The maximum Gasteiger partial charge on any atom is 0.252 e. The standard InChI is InChI=1S/C13H14FIN2OS/c14-7-4-5-8(10(15)6-7)13(18)17-11-3-1-2-9(11)12(16)19/h4-6,9,11H,1-3H2,(H2,16,19)(H,17,18). The van der Waals surface area contributed by atoms with E-state index in [1.54, 1.807) is 0 Å². The molecule has 102 valence electrons. The molecule has 1 amide bonds. The van der Waals surface area contributed by atoms with E-state index in [0.717, 1.165) is 19.3 Å². The summed E-state index contributed by atoms with van der Waals surface area (Å²) in [6.45, 7) is 0. The van der Waals surface area contributed by atoms with Gasteiger partial charge < -0.3 is 11.1 Å². The Balaban J connectivity index is 2.10. The zero-order valence-corrected chi connectivity index (χ0v) is 13.1. The Labute approximate surface area is 130 Å². The van der Waals surface area contributed by atoms with Crippen LogP contribution in [0.2, 0.25) is 0 Å². The Morgan fingerprint density at radius 3 is 2.84 bits per heavy atom. The van der Waals surface area contributed by atoms with Crippen LogP contribution in [0.15, 0.2) is 18.2 Å². The monoisotopic (exact) mass is 392 g/mol. The number of halogens is 2. The van der Waals surface area contributed by atoms with Crippen molar-refractivity contribution in [1.82, 2.24) is 5.32 Å². The van der Waals surface area contributed by atoms with Crippen LogP contribution >= 0.6 is 34.8 Å². The first kappa shape index (κ1) is 14.6. The third kappa shape index (κ3) is 3.42. The van der Waals surface area contributed by atoms with Crippen molar-refractivity contribution in [2.75, 3.05) is 0 Å². The molecule has 3 N–H and O–H groups in total. The summed E-state index contributed by atoms with van der Waals surface area (Å²) in [5.74, 6) is -0.475. The van der Waals surface area contributed by atoms with Crippen molar-refractivity contribution < 1.29 is 9.18 Å². The third-order valence-corrected chi connectivity index (χ3v) is 4.57. The van der Waals surface area contributed by atoms with Crippen LogP contribution in [-0.2, 0) is 0 Å². The Morgan fingerprint density at radius 2 is 2.21 bits per heavy atom. The average Bonchev–Trinajstić information content (AvgIpc) is 2.76. The Bertz CT molecular complexity index is 523. The number of carbonyl (C=O) groups excluding carboxylic acids is 1. The number of nitrogens with two attached hydrogens (primary N) is 1. The molecule has 3 nitrogen and oxygen atoms in total. The van der Waals surface area contributed by atoms with E-state index in [1.807, 2.05) is 22.6 Å². The molecule has 2 atom stereocenters. The largest absolute Gasteiger partial charge is 0.393 e. The molecule has 0 spiro atoms. The predicted octanol–water partition coefficient (Wildman–Crippen LogP) is 2.61. The van der Waals surface area contributed by atoms with Gasteiger partial charge in [-0.1, -0.05) is 18.6 Å². The van der Waals surface area contributed by atoms with E-state index in [9.17, 15) is 9.18 Å². The Hall–Kier alpha value is -0.760. The first-order valence-corrected chi connectivity index (χ1v) is 7.53. The van der Waals surface area contributed by atoms with E-state index in [1.165, 1.54) is 18.2 Å². The SMILES string of the molecule is NC(=S)C1CCCC1NC(=O)c1ccc(F)cc1I. The topological polar surface area (TPSA) is 55.1 Å². The quantitative estimate of drug-likeness (QED) is 0.614. The molecular formula is C13H14FIN2OS. The van der Waals surface area contributed by atoms with Gasteiger partial charge in [-0.05, 0) is 53.6 Å². The van der Waals surface area contributed by atoms with Crippen LogP contribution in [0, 0.1) is 15.3 Å². The van der Waals surface area contributed by atoms with Crippen LogP contribution in [0.3, 0.4) is 0 Å². The second-order valence-electron chi connectivity index (χ2n) is 4.64. The van der Waals surface area contributed by atoms with Gasteiger partial charge in [0.1, 0.15) is 5.82 Å². The van der Waals surface area contributed by atoms with Crippen molar-refractivity contribution in [2.45, 2.75) is 25.3 Å². The van der Waals surface area contributed by atoms with Crippen LogP contribution in [0.5, 0.6) is 0 Å². The van der Waals surface area contributed by atoms with E-state index in [0.29, 0.717) is 14.1 Å². The highest BCUT2D eigenvalue weighted by Gasteiger charge is 2.30. The van der Waals surface area contributed by atoms with Crippen molar-refractivity contribution in [2.24, 2.45) is 11.7 Å². The highest BCUT2D eigenvalue weighted by atomic mass is 127. The first-order valence-electron chi connectivity index (χ1n) is 6.04. The molecule has 0 saturated heterocycles. The number of rotatable bonds is 3. The maximum absolute atomic E-state index is 13.0. The number of hydrogen-bond donors (Lipinski definition) is 2. The molecule has 1 fully saturated rings. The van der Waals surface area contributed by atoms with Gasteiger partial charge in [0.2, 0.25) is 0 Å². The molecule has 19 heavy (non-hydrogen) atoms. The number of carbonyl (C=O) groups is 1. The minimum atomic E-state index is -0.345. The van der Waals surface area contributed by atoms with Gasteiger partial charge in [-0.15, -0.1) is 0 Å². The van der Waals surface area contributed by atoms with Crippen molar-refractivity contribution in [1.29, 1.82) is 0 Å². The molecule has 1 saturated carbocycles. The van der Waals surface area contributed by atoms with Gasteiger partial charge in [0, 0.05) is 15.5 Å². The molecule has 0 aliphatic heterocycles. The lowest BCUT2D eigenvalue weighted by Crippen LogP contribution is -2.41. The summed E-state index contributed by atoms with van der Waals surface area (Å²) in [5.41, 5.74) is 6.16. The summed E-state index contributed by atoms with van der Waals surface area (Å²) in [7, 11) is 0. The highest BCUT2D eigenvalue weighted by molar-refractivity contribution is 14.1. The van der Waals surface area contributed by atoms with Crippen LogP contribution in [0.1, 0.15) is 29.6 Å². The van der Waals surface area contributed by atoms with Gasteiger partial charge in [0.05, 0.1) is 10.6 Å². The molecule has 2 unspecified atom stereocenters. The summed E-state index contributed by atoms with van der Waals surface area (Å²) in [6.07, 6.45) is 2.81. The lowest BCUT2D eigenvalue weighted by Gasteiger charge is -2.20. The van der Waals surface area contributed by atoms with Gasteiger partial charge in [-0.2, -0.15) is 0 Å². The van der Waals surface area contributed by atoms with E-state index >= 15 is 0 Å². The van der Waals surface area contributed by atoms with Gasteiger partial charge >= 0.3 is 0 Å². The fourth-order valence-electron chi connectivity index (χ4n) is 2.39. The van der Waals surface area contributed by atoms with Crippen molar-refractivity contribution in [3.05, 3.63) is 33.1 Å². The van der Waals surface area contributed by atoms with Gasteiger partial charge in [0.25, 0.3) is 5.91 Å². The summed E-state index contributed by atoms with van der Waals surface area (Å²) in [4.78, 5) is 12.6. The van der Waals surface area contributed by atoms with E-state index in [-0.39, 0.29) is 23.7 Å². The normalized spacial score (nSPS) is 22.2. The second kappa shape index (κ2) is 6.13. The molecule has 1 aliphatic carbocycles. The predicted molar refractivity (Wildman–Crippen MR) is 84.5 cm³/mol. The minimum Gasteiger partial charge on any atom is -0.393 e. The van der Waals surface area contributed by atoms with E-state index in [2.05, 4.69) is 5.32 Å². The van der Waals surface area contributed by atoms with E-state index in [4.69, 9.17) is 18.0 Å². The lowest BCUT2D eigenvalue weighted by atomic mass is 10.0. The number of nitrogens with one attached hydrogen (secondary N) is 1. The number of hydrogen-bond acceptors (Lipinski definition) is 2. The number of thiocarbonyl (C=S) groups is 1. The molecule has 6 heteroatoms. The van der Waals surface area contributed by atoms with Gasteiger partial charge in [0.15, 0.2) is 0 Å². The van der Waals surface area contributed by atoms with Crippen LogP contribution < -0.4 is 11.1 Å². The molecule has 1 aromatic carbocycles. The van der Waals surface area contributed by atoms with E-state index < -0.39 is 0 Å². The van der Waals surface area contributed by atoms with Gasteiger partial charge in [-0.25, -0.2) is 4.39 Å². The Kier molecular flexibility index (Phi) is 4.72. The maximum atomic E-state index is 13.0. The van der Waals surface area contributed by atoms with Crippen LogP contribution in [-0.4, -0.2) is 16.9 Å². The third-order valence-electron chi connectivity index (χ3n) is 3.37. The van der Waals surface area contributed by atoms with Crippen LogP contribution in [0.4, 0.5) is 4.39 Å². The zero-order valence-electron chi connectivity index (χ0n) is 10.2.